The summed E-state index contributed by atoms with van der Waals surface area (Å²) in [4.78, 5) is 18.4. The third kappa shape index (κ3) is 3.59. The molecule has 1 aliphatic rings. The predicted octanol–water partition coefficient (Wildman–Crippen LogP) is 3.71. The minimum Gasteiger partial charge on any atom is -0.286 e. The van der Waals surface area contributed by atoms with Gasteiger partial charge in [0.05, 0.1) is 6.54 Å². The maximum Gasteiger partial charge on any atom is 0.259 e. The Labute approximate surface area is 137 Å². The molecule has 118 valence electrons. The number of thioether (sulfide) groups is 1. The molecule has 0 saturated heterocycles. The van der Waals surface area contributed by atoms with Gasteiger partial charge in [-0.25, -0.2) is 8.78 Å². The molecule has 2 aromatic rings. The maximum absolute atomic E-state index is 13.7. The molecule has 0 fully saturated rings. The lowest BCUT2D eigenvalue weighted by Gasteiger charge is -2.18. The van der Waals surface area contributed by atoms with Crippen LogP contribution in [0, 0.1) is 11.6 Å². The summed E-state index contributed by atoms with van der Waals surface area (Å²) < 4.78 is 26.6. The van der Waals surface area contributed by atoms with Crippen LogP contribution in [0.4, 0.5) is 8.78 Å². The van der Waals surface area contributed by atoms with Crippen LogP contribution in [-0.4, -0.2) is 29.1 Å². The van der Waals surface area contributed by atoms with Crippen molar-refractivity contribution in [2.45, 2.75) is 5.75 Å². The molecule has 1 heterocycles. The highest BCUT2D eigenvalue weighted by molar-refractivity contribution is 8.13. The molecule has 0 N–H and O–H groups in total. The van der Waals surface area contributed by atoms with Crippen molar-refractivity contribution >= 4 is 22.8 Å². The second-order valence-corrected chi connectivity index (χ2v) is 5.95. The van der Waals surface area contributed by atoms with Crippen LogP contribution in [0.5, 0.6) is 0 Å². The second kappa shape index (κ2) is 6.91. The summed E-state index contributed by atoms with van der Waals surface area (Å²) in [6.07, 6.45) is 0. The summed E-state index contributed by atoms with van der Waals surface area (Å²) in [7, 11) is 0. The first kappa shape index (κ1) is 15.7. The third-order valence-corrected chi connectivity index (χ3v) is 4.52. The number of aliphatic imine (C=N–C) groups is 1. The molecule has 0 saturated carbocycles. The van der Waals surface area contributed by atoms with E-state index in [0.717, 1.165) is 0 Å². The zero-order chi connectivity index (χ0) is 16.2. The molecule has 6 heteroatoms. The van der Waals surface area contributed by atoms with Gasteiger partial charge in [0.2, 0.25) is 0 Å². The van der Waals surface area contributed by atoms with Gasteiger partial charge in [0.25, 0.3) is 5.91 Å². The van der Waals surface area contributed by atoms with Crippen molar-refractivity contribution in [2.24, 2.45) is 4.99 Å². The Morgan fingerprint density at radius 3 is 2.61 bits per heavy atom. The number of carbonyl (C=O) groups excluding carboxylic acids is 1. The normalized spacial score (nSPS) is 14.0. The van der Waals surface area contributed by atoms with Crippen molar-refractivity contribution in [2.75, 3.05) is 13.1 Å². The molecular weight excluding hydrogens is 318 g/mol. The first-order valence-electron chi connectivity index (χ1n) is 7.13. The molecular formula is C17H14F2N2OS. The highest BCUT2D eigenvalue weighted by Crippen LogP contribution is 2.22. The van der Waals surface area contributed by atoms with Crippen LogP contribution in [0.1, 0.15) is 15.9 Å². The van der Waals surface area contributed by atoms with E-state index in [9.17, 15) is 13.6 Å². The second-order valence-electron chi connectivity index (χ2n) is 5.01. The van der Waals surface area contributed by atoms with E-state index >= 15 is 0 Å². The van der Waals surface area contributed by atoms with Gasteiger partial charge in [0.1, 0.15) is 11.6 Å². The Morgan fingerprint density at radius 2 is 1.87 bits per heavy atom. The lowest BCUT2D eigenvalue weighted by atomic mass is 10.2. The number of halogens is 2. The Balaban J connectivity index is 1.69. The van der Waals surface area contributed by atoms with Crippen molar-refractivity contribution in [3.05, 3.63) is 71.3 Å². The molecule has 0 aromatic heterocycles. The van der Waals surface area contributed by atoms with E-state index < -0.39 is 0 Å². The topological polar surface area (TPSA) is 32.7 Å². The minimum absolute atomic E-state index is 0.220. The van der Waals surface area contributed by atoms with E-state index in [1.165, 1.54) is 42.1 Å². The summed E-state index contributed by atoms with van der Waals surface area (Å²) in [6.45, 7) is 1.00. The molecule has 0 bridgehead atoms. The molecule has 23 heavy (non-hydrogen) atoms. The summed E-state index contributed by atoms with van der Waals surface area (Å²) in [6, 6.07) is 12.0. The Hall–Kier alpha value is -2.21. The number of carbonyl (C=O) groups is 1. The SMILES string of the molecule is O=C(c1ccc(F)cc1)N1CCN=C1SCc1ccccc1F. The molecule has 0 atom stereocenters. The lowest BCUT2D eigenvalue weighted by molar-refractivity contribution is 0.0860. The first-order valence-corrected chi connectivity index (χ1v) is 8.12. The molecule has 0 radical (unpaired) electrons. The zero-order valence-corrected chi connectivity index (χ0v) is 13.0. The van der Waals surface area contributed by atoms with Gasteiger partial charge >= 0.3 is 0 Å². The predicted molar refractivity (Wildman–Crippen MR) is 87.4 cm³/mol. The minimum atomic E-state index is -0.384. The number of amides is 1. The van der Waals surface area contributed by atoms with Crippen LogP contribution in [0.3, 0.4) is 0 Å². The molecule has 3 nitrogen and oxygen atoms in total. The standard InChI is InChI=1S/C17H14F2N2OS/c18-14-7-5-12(6-8-14)16(22)21-10-9-20-17(21)23-11-13-3-1-2-4-15(13)19/h1-8H,9-11H2. The number of hydrogen-bond acceptors (Lipinski definition) is 3. The van der Waals surface area contributed by atoms with Gasteiger partial charge < -0.3 is 0 Å². The van der Waals surface area contributed by atoms with Gasteiger partial charge in [0, 0.05) is 17.9 Å². The van der Waals surface area contributed by atoms with E-state index in [2.05, 4.69) is 4.99 Å². The Kier molecular flexibility index (Phi) is 4.71. The van der Waals surface area contributed by atoms with Crippen molar-refractivity contribution in [3.8, 4) is 0 Å². The van der Waals surface area contributed by atoms with Crippen molar-refractivity contribution in [1.82, 2.24) is 4.90 Å². The van der Waals surface area contributed by atoms with E-state index in [4.69, 9.17) is 0 Å². The number of benzene rings is 2. The molecule has 1 amide bonds. The van der Waals surface area contributed by atoms with E-state index in [0.29, 0.717) is 35.1 Å². The maximum atomic E-state index is 13.7. The number of amidine groups is 1. The van der Waals surface area contributed by atoms with Crippen molar-refractivity contribution in [1.29, 1.82) is 0 Å². The summed E-state index contributed by atoms with van der Waals surface area (Å²) >= 11 is 1.33. The van der Waals surface area contributed by atoms with Crippen LogP contribution in [0.15, 0.2) is 53.5 Å². The third-order valence-electron chi connectivity index (χ3n) is 3.45. The Morgan fingerprint density at radius 1 is 1.13 bits per heavy atom. The largest absolute Gasteiger partial charge is 0.286 e. The van der Waals surface area contributed by atoms with Gasteiger partial charge in [-0.2, -0.15) is 0 Å². The monoisotopic (exact) mass is 332 g/mol. The smallest absolute Gasteiger partial charge is 0.259 e. The van der Waals surface area contributed by atoms with Gasteiger partial charge in [-0.3, -0.25) is 14.7 Å². The van der Waals surface area contributed by atoms with Gasteiger partial charge in [0.15, 0.2) is 5.17 Å². The van der Waals surface area contributed by atoms with Gasteiger partial charge in [-0.05, 0) is 35.9 Å². The average molecular weight is 332 g/mol. The highest BCUT2D eigenvalue weighted by atomic mass is 32.2. The lowest BCUT2D eigenvalue weighted by Crippen LogP contribution is -2.32. The van der Waals surface area contributed by atoms with Crippen molar-refractivity contribution < 1.29 is 13.6 Å². The number of rotatable bonds is 3. The van der Waals surface area contributed by atoms with Crippen LogP contribution in [0.2, 0.25) is 0 Å². The first-order chi connectivity index (χ1) is 11.1. The van der Waals surface area contributed by atoms with Gasteiger partial charge in [-0.15, -0.1) is 0 Å². The number of hydrogen-bond donors (Lipinski definition) is 0. The summed E-state index contributed by atoms with van der Waals surface area (Å²) in [5, 5.41) is 0.572. The molecule has 1 aliphatic heterocycles. The molecule has 2 aromatic carbocycles. The molecule has 0 aliphatic carbocycles. The summed E-state index contributed by atoms with van der Waals surface area (Å²) in [5.74, 6) is -0.471. The van der Waals surface area contributed by atoms with Crippen molar-refractivity contribution in [3.63, 3.8) is 0 Å². The van der Waals surface area contributed by atoms with E-state index in [1.54, 1.807) is 23.1 Å². The Bertz CT molecular complexity index is 747. The van der Waals surface area contributed by atoms with Crippen LogP contribution in [-0.2, 0) is 5.75 Å². The summed E-state index contributed by atoms with van der Waals surface area (Å²) in [5.41, 5.74) is 0.980. The zero-order valence-electron chi connectivity index (χ0n) is 12.2. The molecule has 0 spiro atoms. The van der Waals surface area contributed by atoms with E-state index in [1.807, 2.05) is 0 Å². The molecule has 0 unspecified atom stereocenters. The van der Waals surface area contributed by atoms with Crippen LogP contribution >= 0.6 is 11.8 Å². The van der Waals surface area contributed by atoms with Crippen LogP contribution < -0.4 is 0 Å². The fourth-order valence-electron chi connectivity index (χ4n) is 2.24. The molecule has 3 rings (SSSR count). The fraction of sp³-hybridized carbons (Fsp3) is 0.176. The number of nitrogens with zero attached hydrogens (tertiary/aromatic N) is 2. The van der Waals surface area contributed by atoms with Crippen LogP contribution in [0.25, 0.3) is 0 Å². The van der Waals surface area contributed by atoms with E-state index in [-0.39, 0.29) is 17.5 Å². The highest BCUT2D eigenvalue weighted by Gasteiger charge is 2.25. The van der Waals surface area contributed by atoms with Gasteiger partial charge in [-0.1, -0.05) is 30.0 Å². The quantitative estimate of drug-likeness (QED) is 0.858. The fourth-order valence-corrected chi connectivity index (χ4v) is 3.28. The average Bonchev–Trinajstić information content (AvgIpc) is 3.02.